The van der Waals surface area contributed by atoms with Gasteiger partial charge in [-0.1, -0.05) is 11.6 Å². The summed E-state index contributed by atoms with van der Waals surface area (Å²) < 4.78 is 16.4. The first-order chi connectivity index (χ1) is 10.5. The summed E-state index contributed by atoms with van der Waals surface area (Å²) in [6.45, 7) is 1.61. The number of hydrogen-bond acceptors (Lipinski definition) is 5. The fraction of sp³-hybridized carbons (Fsp3) is 0.200. The zero-order valence-electron chi connectivity index (χ0n) is 11.9. The van der Waals surface area contributed by atoms with Crippen molar-refractivity contribution >= 4 is 33.5 Å². The lowest BCUT2D eigenvalue weighted by Gasteiger charge is -2.13. The molecule has 116 valence electrons. The van der Waals surface area contributed by atoms with Crippen molar-refractivity contribution in [1.29, 1.82) is 0 Å². The molecule has 0 fully saturated rings. The SMILES string of the molecule is COC(=O)C(C)Oc1ccc(Oc2ncc(Br)cc2Cl)cc1. The van der Waals surface area contributed by atoms with Crippen molar-refractivity contribution in [2.24, 2.45) is 0 Å². The quantitative estimate of drug-likeness (QED) is 0.720. The van der Waals surface area contributed by atoms with Crippen LogP contribution in [0.3, 0.4) is 0 Å². The minimum Gasteiger partial charge on any atom is -0.479 e. The molecule has 0 aliphatic carbocycles. The second kappa shape index (κ2) is 7.47. The zero-order valence-corrected chi connectivity index (χ0v) is 14.2. The third kappa shape index (κ3) is 4.35. The topological polar surface area (TPSA) is 57.7 Å². The monoisotopic (exact) mass is 385 g/mol. The molecule has 7 heteroatoms. The van der Waals surface area contributed by atoms with E-state index in [-0.39, 0.29) is 0 Å². The Labute approximate surface area is 141 Å². The Kier molecular flexibility index (Phi) is 5.63. The Bertz CT molecular complexity index is 663. The van der Waals surface area contributed by atoms with Crippen LogP contribution in [0.15, 0.2) is 41.0 Å². The first kappa shape index (κ1) is 16.6. The number of ether oxygens (including phenoxy) is 3. The minimum atomic E-state index is -0.681. The van der Waals surface area contributed by atoms with E-state index in [4.69, 9.17) is 21.1 Å². The summed E-state index contributed by atoms with van der Waals surface area (Å²) in [7, 11) is 1.31. The van der Waals surface area contributed by atoms with E-state index >= 15 is 0 Å². The lowest BCUT2D eigenvalue weighted by molar-refractivity contribution is -0.147. The van der Waals surface area contributed by atoms with Crippen molar-refractivity contribution in [3.63, 3.8) is 0 Å². The number of halogens is 2. The van der Waals surface area contributed by atoms with E-state index in [1.807, 2.05) is 0 Å². The van der Waals surface area contributed by atoms with Gasteiger partial charge in [0.05, 0.1) is 7.11 Å². The van der Waals surface area contributed by atoms with Gasteiger partial charge in [0.15, 0.2) is 6.10 Å². The van der Waals surface area contributed by atoms with Crippen LogP contribution < -0.4 is 9.47 Å². The molecule has 0 aliphatic rings. The van der Waals surface area contributed by atoms with E-state index in [0.717, 1.165) is 4.47 Å². The third-order valence-electron chi connectivity index (χ3n) is 2.66. The normalized spacial score (nSPS) is 11.6. The standard InChI is InChI=1S/C15H13BrClNO4/c1-9(15(19)20-2)21-11-3-5-12(6-4-11)22-14-13(17)7-10(16)8-18-14/h3-9H,1-2H3. The van der Waals surface area contributed by atoms with E-state index < -0.39 is 12.1 Å². The molecule has 22 heavy (non-hydrogen) atoms. The zero-order chi connectivity index (χ0) is 16.1. The maximum Gasteiger partial charge on any atom is 0.346 e. The summed E-state index contributed by atoms with van der Waals surface area (Å²) in [4.78, 5) is 15.4. The van der Waals surface area contributed by atoms with Gasteiger partial charge in [-0.15, -0.1) is 0 Å². The molecule has 2 aromatic rings. The maximum absolute atomic E-state index is 11.3. The van der Waals surface area contributed by atoms with Crippen LogP contribution in [0, 0.1) is 0 Å². The second-order valence-electron chi connectivity index (χ2n) is 4.30. The summed E-state index contributed by atoms with van der Waals surface area (Å²) >= 11 is 9.31. The van der Waals surface area contributed by atoms with Gasteiger partial charge in [0.25, 0.3) is 0 Å². The largest absolute Gasteiger partial charge is 0.479 e. The average molecular weight is 387 g/mol. The van der Waals surface area contributed by atoms with Crippen molar-refractivity contribution in [3.8, 4) is 17.4 Å². The molecular weight excluding hydrogens is 374 g/mol. The van der Waals surface area contributed by atoms with Gasteiger partial charge in [-0.05, 0) is 53.2 Å². The molecule has 0 N–H and O–H groups in total. The molecule has 0 saturated heterocycles. The molecule has 0 spiro atoms. The van der Waals surface area contributed by atoms with E-state index in [2.05, 4.69) is 25.7 Å². The molecule has 1 atom stereocenters. The van der Waals surface area contributed by atoms with E-state index in [1.165, 1.54) is 7.11 Å². The molecule has 1 aromatic carbocycles. The Morgan fingerprint density at radius 2 is 1.91 bits per heavy atom. The van der Waals surface area contributed by atoms with E-state index in [0.29, 0.717) is 22.4 Å². The van der Waals surface area contributed by atoms with Crippen LogP contribution in [0.2, 0.25) is 5.02 Å². The van der Waals surface area contributed by atoms with Gasteiger partial charge >= 0.3 is 5.97 Å². The Morgan fingerprint density at radius 3 is 2.50 bits per heavy atom. The number of rotatable bonds is 5. The highest BCUT2D eigenvalue weighted by molar-refractivity contribution is 9.10. The minimum absolute atomic E-state index is 0.307. The Morgan fingerprint density at radius 1 is 1.27 bits per heavy atom. The Hall–Kier alpha value is -1.79. The number of pyridine rings is 1. The molecule has 5 nitrogen and oxygen atoms in total. The highest BCUT2D eigenvalue weighted by atomic mass is 79.9. The van der Waals surface area contributed by atoms with Gasteiger partial charge in [-0.25, -0.2) is 9.78 Å². The van der Waals surface area contributed by atoms with Gasteiger partial charge in [0.1, 0.15) is 16.5 Å². The van der Waals surface area contributed by atoms with Crippen LogP contribution in [0.4, 0.5) is 0 Å². The van der Waals surface area contributed by atoms with Gasteiger partial charge in [0, 0.05) is 10.7 Å². The van der Waals surface area contributed by atoms with Crippen LogP contribution >= 0.6 is 27.5 Å². The third-order valence-corrected chi connectivity index (χ3v) is 3.36. The predicted octanol–water partition coefficient (Wildman–Crippen LogP) is 4.23. The smallest absolute Gasteiger partial charge is 0.346 e. The molecule has 0 amide bonds. The molecule has 2 rings (SSSR count). The second-order valence-corrected chi connectivity index (χ2v) is 5.62. The van der Waals surface area contributed by atoms with Crippen LogP contribution in [-0.2, 0) is 9.53 Å². The van der Waals surface area contributed by atoms with Crippen molar-refractivity contribution in [1.82, 2.24) is 4.98 Å². The number of hydrogen-bond donors (Lipinski definition) is 0. The molecular formula is C15H13BrClNO4. The van der Waals surface area contributed by atoms with Gasteiger partial charge < -0.3 is 14.2 Å². The molecule has 0 bridgehead atoms. The maximum atomic E-state index is 11.3. The molecule has 0 aliphatic heterocycles. The van der Waals surface area contributed by atoms with Crippen LogP contribution in [0.5, 0.6) is 17.4 Å². The first-order valence-corrected chi connectivity index (χ1v) is 7.50. The summed E-state index contributed by atoms with van der Waals surface area (Å²) in [5.41, 5.74) is 0. The number of carbonyl (C=O) groups excluding carboxylic acids is 1. The van der Waals surface area contributed by atoms with Crippen molar-refractivity contribution in [2.75, 3.05) is 7.11 Å². The summed E-state index contributed by atoms with van der Waals surface area (Å²) in [5, 5.41) is 0.397. The molecule has 1 unspecified atom stereocenters. The van der Waals surface area contributed by atoms with Crippen LogP contribution in [-0.4, -0.2) is 24.2 Å². The average Bonchev–Trinajstić information content (AvgIpc) is 2.51. The number of methoxy groups -OCH3 is 1. The number of esters is 1. The van der Waals surface area contributed by atoms with Crippen LogP contribution in [0.1, 0.15) is 6.92 Å². The summed E-state index contributed by atoms with van der Waals surface area (Å²) in [6.07, 6.45) is 0.913. The Balaban J connectivity index is 2.04. The summed E-state index contributed by atoms with van der Waals surface area (Å²) in [5.74, 6) is 0.947. The number of carbonyl (C=O) groups is 1. The molecule has 0 saturated carbocycles. The molecule has 0 radical (unpaired) electrons. The lowest BCUT2D eigenvalue weighted by atomic mass is 10.3. The van der Waals surface area contributed by atoms with Gasteiger partial charge in [0.2, 0.25) is 5.88 Å². The molecule has 1 aromatic heterocycles. The van der Waals surface area contributed by atoms with Gasteiger partial charge in [-0.2, -0.15) is 0 Å². The highest BCUT2D eigenvalue weighted by Gasteiger charge is 2.14. The van der Waals surface area contributed by atoms with Crippen molar-refractivity contribution in [2.45, 2.75) is 13.0 Å². The van der Waals surface area contributed by atoms with Gasteiger partial charge in [-0.3, -0.25) is 0 Å². The number of benzene rings is 1. The number of aromatic nitrogens is 1. The predicted molar refractivity (Wildman–Crippen MR) is 85.6 cm³/mol. The molecule has 1 heterocycles. The fourth-order valence-corrected chi connectivity index (χ4v) is 2.26. The van der Waals surface area contributed by atoms with Crippen molar-refractivity contribution < 1.29 is 19.0 Å². The van der Waals surface area contributed by atoms with E-state index in [9.17, 15) is 4.79 Å². The number of nitrogens with zero attached hydrogens (tertiary/aromatic N) is 1. The summed E-state index contributed by atoms with van der Waals surface area (Å²) in [6, 6.07) is 8.45. The fourth-order valence-electron chi connectivity index (χ4n) is 1.59. The van der Waals surface area contributed by atoms with Crippen molar-refractivity contribution in [3.05, 3.63) is 46.0 Å². The lowest BCUT2D eigenvalue weighted by Crippen LogP contribution is -2.24. The van der Waals surface area contributed by atoms with E-state index in [1.54, 1.807) is 43.5 Å². The van der Waals surface area contributed by atoms with Crippen LogP contribution in [0.25, 0.3) is 0 Å². The highest BCUT2D eigenvalue weighted by Crippen LogP contribution is 2.30. The first-order valence-electron chi connectivity index (χ1n) is 6.33.